The summed E-state index contributed by atoms with van der Waals surface area (Å²) < 4.78 is 0. The molecule has 2 nitrogen and oxygen atoms in total. The smallest absolute Gasteiger partial charge is 0.0408 e. The monoisotopic (exact) mass is 252 g/mol. The Bertz CT molecular complexity index is 359. The third-order valence-electron chi connectivity index (χ3n) is 3.45. The van der Waals surface area contributed by atoms with Crippen LogP contribution in [-0.2, 0) is 0 Å². The van der Waals surface area contributed by atoms with Crippen LogP contribution in [0.2, 0.25) is 5.02 Å². The Hall–Kier alpha value is -0.570. The number of nitrogens with one attached hydrogen (secondary N) is 1. The zero-order chi connectivity index (χ0) is 12.3. The Kier molecular flexibility index (Phi) is 4.43. The summed E-state index contributed by atoms with van der Waals surface area (Å²) in [5.41, 5.74) is 1.39. The second kappa shape index (κ2) is 5.85. The fourth-order valence-electron chi connectivity index (χ4n) is 2.31. The lowest BCUT2D eigenvalue weighted by atomic mass is 9.76. The van der Waals surface area contributed by atoms with Gasteiger partial charge >= 0.3 is 0 Å². The molecule has 0 heterocycles. The van der Waals surface area contributed by atoms with Crippen molar-refractivity contribution in [3.05, 3.63) is 34.9 Å². The first-order valence-electron chi connectivity index (χ1n) is 6.28. The van der Waals surface area contributed by atoms with Crippen molar-refractivity contribution in [2.75, 3.05) is 27.2 Å². The maximum absolute atomic E-state index is 6.00. The van der Waals surface area contributed by atoms with E-state index in [2.05, 4.69) is 36.4 Å². The summed E-state index contributed by atoms with van der Waals surface area (Å²) in [6, 6.07) is 8.97. The molecule has 0 bridgehead atoms. The summed E-state index contributed by atoms with van der Waals surface area (Å²) in [5, 5.41) is 4.44. The van der Waals surface area contributed by atoms with Crippen LogP contribution in [0, 0.1) is 0 Å². The molecule has 1 aliphatic rings. The minimum Gasteiger partial charge on any atom is -0.313 e. The minimum atomic E-state index is 0.693. The SMILES string of the molecule is CN(C)CCNC1CC(c2cccc(Cl)c2)C1. The highest BCUT2D eigenvalue weighted by Gasteiger charge is 2.29. The molecule has 3 heteroatoms. The van der Waals surface area contributed by atoms with Crippen LogP contribution >= 0.6 is 11.6 Å². The molecule has 1 aliphatic carbocycles. The van der Waals surface area contributed by atoms with Gasteiger partial charge in [0.2, 0.25) is 0 Å². The van der Waals surface area contributed by atoms with Gasteiger partial charge in [-0.3, -0.25) is 0 Å². The first-order chi connectivity index (χ1) is 8.15. The molecule has 0 aromatic heterocycles. The summed E-state index contributed by atoms with van der Waals surface area (Å²) >= 11 is 6.00. The third-order valence-corrected chi connectivity index (χ3v) is 3.69. The van der Waals surface area contributed by atoms with Crippen LogP contribution in [0.25, 0.3) is 0 Å². The van der Waals surface area contributed by atoms with Gasteiger partial charge in [-0.2, -0.15) is 0 Å². The molecule has 17 heavy (non-hydrogen) atoms. The van der Waals surface area contributed by atoms with Crippen molar-refractivity contribution >= 4 is 11.6 Å². The van der Waals surface area contributed by atoms with E-state index in [-0.39, 0.29) is 0 Å². The van der Waals surface area contributed by atoms with Crippen LogP contribution in [0.1, 0.15) is 24.3 Å². The highest BCUT2D eigenvalue weighted by atomic mass is 35.5. The molecule has 0 spiro atoms. The van der Waals surface area contributed by atoms with E-state index in [1.54, 1.807) is 0 Å². The first-order valence-corrected chi connectivity index (χ1v) is 6.66. The standard InChI is InChI=1S/C14H21ClN2/c1-17(2)7-6-16-14-9-12(10-14)11-4-3-5-13(15)8-11/h3-5,8,12,14,16H,6-7,9-10H2,1-2H3. The maximum atomic E-state index is 6.00. The number of nitrogens with zero attached hydrogens (tertiary/aromatic N) is 1. The Morgan fingerprint density at radius 1 is 1.35 bits per heavy atom. The van der Waals surface area contributed by atoms with Gasteiger partial charge in [-0.15, -0.1) is 0 Å². The molecule has 0 radical (unpaired) electrons. The zero-order valence-electron chi connectivity index (χ0n) is 10.6. The molecule has 2 rings (SSSR count). The summed E-state index contributed by atoms with van der Waals surface area (Å²) in [5.74, 6) is 0.700. The largest absolute Gasteiger partial charge is 0.313 e. The molecular weight excluding hydrogens is 232 g/mol. The zero-order valence-corrected chi connectivity index (χ0v) is 11.4. The van der Waals surface area contributed by atoms with Crippen LogP contribution in [-0.4, -0.2) is 38.1 Å². The van der Waals surface area contributed by atoms with Gasteiger partial charge in [0, 0.05) is 24.2 Å². The van der Waals surface area contributed by atoms with E-state index in [0.29, 0.717) is 12.0 Å². The highest BCUT2D eigenvalue weighted by Crippen LogP contribution is 2.37. The van der Waals surface area contributed by atoms with Gasteiger partial charge in [-0.1, -0.05) is 23.7 Å². The van der Waals surface area contributed by atoms with E-state index < -0.39 is 0 Å². The van der Waals surface area contributed by atoms with Crippen molar-refractivity contribution in [2.45, 2.75) is 24.8 Å². The lowest BCUT2D eigenvalue weighted by molar-refractivity contribution is 0.278. The molecule has 1 N–H and O–H groups in total. The van der Waals surface area contributed by atoms with E-state index >= 15 is 0 Å². The molecule has 1 fully saturated rings. The van der Waals surface area contributed by atoms with E-state index in [1.807, 2.05) is 12.1 Å². The fourth-order valence-corrected chi connectivity index (χ4v) is 2.51. The van der Waals surface area contributed by atoms with Crippen molar-refractivity contribution in [3.8, 4) is 0 Å². The van der Waals surface area contributed by atoms with Gasteiger partial charge in [0.1, 0.15) is 0 Å². The lowest BCUT2D eigenvalue weighted by Gasteiger charge is -2.36. The molecule has 94 valence electrons. The topological polar surface area (TPSA) is 15.3 Å². The van der Waals surface area contributed by atoms with Gasteiger partial charge in [0.05, 0.1) is 0 Å². The number of hydrogen-bond acceptors (Lipinski definition) is 2. The summed E-state index contributed by atoms with van der Waals surface area (Å²) in [6.07, 6.45) is 2.49. The second-order valence-corrected chi connectivity index (χ2v) is 5.61. The van der Waals surface area contributed by atoms with E-state index in [0.717, 1.165) is 18.1 Å². The number of halogens is 1. The Labute approximate surface area is 109 Å². The van der Waals surface area contributed by atoms with Gasteiger partial charge in [0.15, 0.2) is 0 Å². The number of likely N-dealkylation sites (N-methyl/N-ethyl adjacent to an activating group) is 1. The molecule has 0 amide bonds. The Balaban J connectivity index is 1.72. The molecule has 0 unspecified atom stereocenters. The van der Waals surface area contributed by atoms with E-state index in [9.17, 15) is 0 Å². The predicted molar refractivity (Wildman–Crippen MR) is 73.8 cm³/mol. The van der Waals surface area contributed by atoms with Crippen molar-refractivity contribution < 1.29 is 0 Å². The van der Waals surface area contributed by atoms with Crippen LogP contribution in [0.5, 0.6) is 0 Å². The van der Waals surface area contributed by atoms with Crippen molar-refractivity contribution in [3.63, 3.8) is 0 Å². The van der Waals surface area contributed by atoms with Gasteiger partial charge in [-0.25, -0.2) is 0 Å². The average molecular weight is 253 g/mol. The minimum absolute atomic E-state index is 0.693. The van der Waals surface area contributed by atoms with Crippen molar-refractivity contribution in [1.82, 2.24) is 10.2 Å². The molecule has 0 aliphatic heterocycles. The maximum Gasteiger partial charge on any atom is 0.0408 e. The van der Waals surface area contributed by atoms with Gasteiger partial charge in [0.25, 0.3) is 0 Å². The summed E-state index contributed by atoms with van der Waals surface area (Å²) in [6.45, 7) is 2.19. The third kappa shape index (κ3) is 3.70. The van der Waals surface area contributed by atoms with Crippen molar-refractivity contribution in [2.24, 2.45) is 0 Å². The van der Waals surface area contributed by atoms with Crippen LogP contribution in [0.3, 0.4) is 0 Å². The van der Waals surface area contributed by atoms with Gasteiger partial charge in [-0.05, 0) is 50.6 Å². The van der Waals surface area contributed by atoms with E-state index in [4.69, 9.17) is 11.6 Å². The average Bonchev–Trinajstić information content (AvgIpc) is 2.21. The molecule has 0 atom stereocenters. The molecule has 0 saturated heterocycles. The second-order valence-electron chi connectivity index (χ2n) is 5.18. The summed E-state index contributed by atoms with van der Waals surface area (Å²) in [7, 11) is 4.22. The first kappa shape index (κ1) is 12.9. The fraction of sp³-hybridized carbons (Fsp3) is 0.571. The quantitative estimate of drug-likeness (QED) is 0.867. The number of benzene rings is 1. The number of rotatable bonds is 5. The predicted octanol–water partition coefficient (Wildman–Crippen LogP) is 2.74. The van der Waals surface area contributed by atoms with Gasteiger partial charge < -0.3 is 10.2 Å². The normalized spacial score (nSPS) is 23.8. The van der Waals surface area contributed by atoms with Crippen LogP contribution < -0.4 is 5.32 Å². The lowest BCUT2D eigenvalue weighted by Crippen LogP contribution is -2.42. The summed E-state index contributed by atoms with van der Waals surface area (Å²) in [4.78, 5) is 2.21. The molecule has 1 aromatic carbocycles. The molecule has 1 aromatic rings. The van der Waals surface area contributed by atoms with Crippen molar-refractivity contribution in [1.29, 1.82) is 0 Å². The number of hydrogen-bond donors (Lipinski definition) is 1. The Morgan fingerprint density at radius 2 is 2.12 bits per heavy atom. The van der Waals surface area contributed by atoms with Crippen LogP contribution in [0.15, 0.2) is 24.3 Å². The highest BCUT2D eigenvalue weighted by molar-refractivity contribution is 6.30. The molecular formula is C14H21ClN2. The van der Waals surface area contributed by atoms with E-state index in [1.165, 1.54) is 18.4 Å². The Morgan fingerprint density at radius 3 is 2.76 bits per heavy atom. The van der Waals surface area contributed by atoms with Crippen LogP contribution in [0.4, 0.5) is 0 Å². The molecule has 1 saturated carbocycles.